The Balaban J connectivity index is 1.74. The van der Waals surface area contributed by atoms with Crippen LogP contribution in [0.3, 0.4) is 0 Å². The molecule has 1 heterocycles. The first-order valence-electron chi connectivity index (χ1n) is 8.59. The summed E-state index contributed by atoms with van der Waals surface area (Å²) in [6, 6.07) is 6.27. The molecule has 2 aromatic carbocycles. The molecular weight excluding hydrogens is 485 g/mol. The Morgan fingerprint density at radius 2 is 1.61 bits per heavy atom. The van der Waals surface area contributed by atoms with Crippen molar-refractivity contribution in [3.63, 3.8) is 0 Å². The Bertz CT molecular complexity index is 1200. The number of benzene rings is 2. The second-order valence-corrected chi connectivity index (χ2v) is 7.23. The number of rotatable bonds is 6. The SMILES string of the molecule is O=C(Nc1c(F)c(F)c(C(F)(F)F)c(F)c1F)c1cc(COc2ccc([N+](=O)[O-])cc2)cs1. The number of halogens is 7. The van der Waals surface area contributed by atoms with Gasteiger partial charge < -0.3 is 10.1 Å². The van der Waals surface area contributed by atoms with E-state index in [1.54, 1.807) is 0 Å². The fourth-order valence-corrected chi connectivity index (χ4v) is 3.36. The fraction of sp³-hybridized carbons (Fsp3) is 0.105. The molecule has 0 fully saturated rings. The highest BCUT2D eigenvalue weighted by Gasteiger charge is 2.42. The molecule has 0 saturated carbocycles. The van der Waals surface area contributed by atoms with Crippen molar-refractivity contribution in [2.75, 3.05) is 5.32 Å². The lowest BCUT2D eigenvalue weighted by Crippen LogP contribution is -2.19. The molecule has 174 valence electrons. The van der Waals surface area contributed by atoms with Gasteiger partial charge in [0.15, 0.2) is 23.3 Å². The number of nitro groups is 1. The number of hydrogen-bond donors (Lipinski definition) is 1. The Kier molecular flexibility index (Phi) is 6.58. The highest BCUT2D eigenvalue weighted by Crippen LogP contribution is 2.38. The molecule has 1 amide bonds. The smallest absolute Gasteiger partial charge is 0.422 e. The standard InChI is InChI=1S/C19H9F7N2O4S/c20-13-12(19(24,25)26)14(21)16(23)17(15(13)22)27-18(29)11-5-8(7-33-11)6-32-10-3-1-9(2-4-10)28(30)31/h1-5,7H,6H2,(H,27,29). The van der Waals surface area contributed by atoms with Crippen molar-refractivity contribution in [3.05, 3.63) is 85.1 Å². The molecule has 1 N–H and O–H groups in total. The van der Waals surface area contributed by atoms with E-state index in [0.29, 0.717) is 5.56 Å². The second kappa shape index (κ2) is 9.05. The average Bonchev–Trinajstić information content (AvgIpc) is 3.22. The van der Waals surface area contributed by atoms with Gasteiger partial charge in [-0.25, -0.2) is 17.6 Å². The second-order valence-electron chi connectivity index (χ2n) is 6.32. The summed E-state index contributed by atoms with van der Waals surface area (Å²) in [4.78, 5) is 22.0. The number of carbonyl (C=O) groups excluding carboxylic acids is 1. The number of alkyl halides is 3. The predicted molar refractivity (Wildman–Crippen MR) is 101 cm³/mol. The van der Waals surface area contributed by atoms with Gasteiger partial charge in [0, 0.05) is 17.7 Å². The number of nitro benzene ring substituents is 1. The minimum absolute atomic E-state index is 0.117. The van der Waals surface area contributed by atoms with Crippen molar-refractivity contribution in [2.24, 2.45) is 0 Å². The number of ether oxygens (including phenoxy) is 1. The van der Waals surface area contributed by atoms with Crippen LogP contribution in [0.1, 0.15) is 20.8 Å². The first-order chi connectivity index (χ1) is 15.4. The summed E-state index contributed by atoms with van der Waals surface area (Å²) in [7, 11) is 0. The van der Waals surface area contributed by atoms with Crippen LogP contribution >= 0.6 is 11.3 Å². The first-order valence-corrected chi connectivity index (χ1v) is 9.47. The highest BCUT2D eigenvalue weighted by molar-refractivity contribution is 7.12. The van der Waals surface area contributed by atoms with E-state index in [1.807, 2.05) is 0 Å². The van der Waals surface area contributed by atoms with Crippen LogP contribution < -0.4 is 10.1 Å². The molecule has 0 bridgehead atoms. The average molecular weight is 494 g/mol. The Morgan fingerprint density at radius 1 is 1.03 bits per heavy atom. The maximum atomic E-state index is 13.9. The largest absolute Gasteiger partial charge is 0.489 e. The lowest BCUT2D eigenvalue weighted by Gasteiger charge is -2.14. The third kappa shape index (κ3) is 5.05. The van der Waals surface area contributed by atoms with Crippen molar-refractivity contribution < 1.29 is 45.2 Å². The summed E-state index contributed by atoms with van der Waals surface area (Å²) in [6.45, 7) is -0.117. The quantitative estimate of drug-likeness (QED) is 0.195. The molecule has 0 spiro atoms. The van der Waals surface area contributed by atoms with Crippen molar-refractivity contribution >= 4 is 28.6 Å². The summed E-state index contributed by atoms with van der Waals surface area (Å²) >= 11 is 0.752. The number of non-ortho nitro benzene ring substituents is 1. The van der Waals surface area contributed by atoms with Crippen LogP contribution in [0.25, 0.3) is 0 Å². The molecule has 14 heteroatoms. The van der Waals surface area contributed by atoms with Gasteiger partial charge in [0.1, 0.15) is 23.6 Å². The van der Waals surface area contributed by atoms with Crippen LogP contribution in [0.15, 0.2) is 35.7 Å². The normalized spacial score (nSPS) is 11.4. The van der Waals surface area contributed by atoms with Crippen LogP contribution in [-0.2, 0) is 12.8 Å². The lowest BCUT2D eigenvalue weighted by molar-refractivity contribution is -0.384. The number of thiophene rings is 1. The summed E-state index contributed by atoms with van der Waals surface area (Å²) < 4.78 is 98.6. The zero-order valence-electron chi connectivity index (χ0n) is 15.8. The molecule has 0 saturated heterocycles. The molecule has 3 aromatic rings. The van der Waals surface area contributed by atoms with Crippen LogP contribution in [0, 0.1) is 33.4 Å². The van der Waals surface area contributed by atoms with Crippen LogP contribution in [0.5, 0.6) is 5.75 Å². The van der Waals surface area contributed by atoms with Crippen molar-refractivity contribution in [1.29, 1.82) is 0 Å². The lowest BCUT2D eigenvalue weighted by atomic mass is 10.1. The highest BCUT2D eigenvalue weighted by atomic mass is 32.1. The van der Waals surface area contributed by atoms with Gasteiger partial charge in [-0.3, -0.25) is 14.9 Å². The zero-order chi connectivity index (χ0) is 24.5. The van der Waals surface area contributed by atoms with Gasteiger partial charge in [0.05, 0.1) is 9.80 Å². The molecule has 0 aliphatic carbocycles. The van der Waals surface area contributed by atoms with Crippen molar-refractivity contribution in [1.82, 2.24) is 0 Å². The topological polar surface area (TPSA) is 81.5 Å². The van der Waals surface area contributed by atoms with E-state index in [9.17, 15) is 45.6 Å². The van der Waals surface area contributed by atoms with E-state index < -0.39 is 51.5 Å². The molecule has 0 aliphatic heterocycles. The van der Waals surface area contributed by atoms with Crippen LogP contribution in [0.2, 0.25) is 0 Å². The Morgan fingerprint density at radius 3 is 2.12 bits per heavy atom. The van der Waals surface area contributed by atoms with Gasteiger partial charge in [0.25, 0.3) is 11.6 Å². The van der Waals surface area contributed by atoms with Gasteiger partial charge in [-0.2, -0.15) is 13.2 Å². The summed E-state index contributed by atoms with van der Waals surface area (Å²) in [6.07, 6.45) is -5.70. The zero-order valence-corrected chi connectivity index (χ0v) is 16.6. The maximum Gasteiger partial charge on any atom is 0.422 e. The van der Waals surface area contributed by atoms with Crippen molar-refractivity contribution in [2.45, 2.75) is 12.8 Å². The monoisotopic (exact) mass is 494 g/mol. The van der Waals surface area contributed by atoms with Gasteiger partial charge in [-0.1, -0.05) is 0 Å². The molecule has 33 heavy (non-hydrogen) atoms. The molecule has 0 unspecified atom stereocenters. The number of anilines is 1. The van der Waals surface area contributed by atoms with E-state index in [-0.39, 0.29) is 22.9 Å². The maximum absolute atomic E-state index is 13.9. The van der Waals surface area contributed by atoms with Crippen molar-refractivity contribution in [3.8, 4) is 5.75 Å². The molecule has 0 radical (unpaired) electrons. The third-order valence-electron chi connectivity index (χ3n) is 4.12. The molecular formula is C19H9F7N2O4S. The van der Waals surface area contributed by atoms with Gasteiger partial charge in [-0.05, 0) is 23.6 Å². The van der Waals surface area contributed by atoms with E-state index in [2.05, 4.69) is 0 Å². The molecule has 0 atom stereocenters. The number of carbonyl (C=O) groups is 1. The summed E-state index contributed by atoms with van der Waals surface area (Å²) in [5.41, 5.74) is -4.24. The van der Waals surface area contributed by atoms with E-state index in [0.717, 1.165) is 11.3 Å². The fourth-order valence-electron chi connectivity index (χ4n) is 2.57. The minimum atomic E-state index is -5.70. The van der Waals surface area contributed by atoms with E-state index in [4.69, 9.17) is 4.74 Å². The molecule has 0 aliphatic rings. The van der Waals surface area contributed by atoms with Crippen LogP contribution in [-0.4, -0.2) is 10.8 Å². The number of nitrogens with one attached hydrogen (secondary N) is 1. The Labute approximate surface area is 183 Å². The third-order valence-corrected chi connectivity index (χ3v) is 5.09. The molecule has 1 aromatic heterocycles. The van der Waals surface area contributed by atoms with E-state index in [1.165, 1.54) is 41.0 Å². The van der Waals surface area contributed by atoms with Gasteiger partial charge >= 0.3 is 6.18 Å². The number of nitrogens with zero attached hydrogens (tertiary/aromatic N) is 1. The first kappa shape index (κ1) is 24.0. The summed E-state index contributed by atoms with van der Waals surface area (Å²) in [5.74, 6) is -11.2. The van der Waals surface area contributed by atoms with E-state index >= 15 is 0 Å². The van der Waals surface area contributed by atoms with Gasteiger partial charge in [-0.15, -0.1) is 11.3 Å². The molecule has 3 rings (SSSR count). The predicted octanol–water partition coefficient (Wildman–Crippen LogP) is 6.06. The molecule has 6 nitrogen and oxygen atoms in total. The summed E-state index contributed by atoms with van der Waals surface area (Å²) in [5, 5.41) is 13.6. The Hall–Kier alpha value is -3.68. The van der Waals surface area contributed by atoms with Crippen LogP contribution in [0.4, 0.5) is 42.1 Å². The number of hydrogen-bond acceptors (Lipinski definition) is 5. The number of amides is 1. The minimum Gasteiger partial charge on any atom is -0.489 e. The van der Waals surface area contributed by atoms with Gasteiger partial charge in [0.2, 0.25) is 0 Å².